The van der Waals surface area contributed by atoms with Gasteiger partial charge in [-0.1, -0.05) is 6.07 Å². The van der Waals surface area contributed by atoms with Gasteiger partial charge in [0.05, 0.1) is 49.8 Å². The summed E-state index contributed by atoms with van der Waals surface area (Å²) in [6.45, 7) is 1.93. The van der Waals surface area contributed by atoms with Crippen molar-refractivity contribution in [3.8, 4) is 74.4 Å². The van der Waals surface area contributed by atoms with E-state index < -0.39 is 0 Å². The van der Waals surface area contributed by atoms with E-state index in [0.29, 0.717) is 58.2 Å². The van der Waals surface area contributed by atoms with Crippen molar-refractivity contribution >= 4 is 0 Å². The van der Waals surface area contributed by atoms with E-state index >= 15 is 0 Å². The highest BCUT2D eigenvalue weighted by molar-refractivity contribution is 5.87. The Morgan fingerprint density at radius 2 is 1.31 bits per heavy atom. The second-order valence-electron chi connectivity index (χ2n) is 14.0. The lowest BCUT2D eigenvalue weighted by Gasteiger charge is -2.41. The average Bonchev–Trinajstić information content (AvgIpc) is 3.69. The summed E-state index contributed by atoms with van der Waals surface area (Å²) in [4.78, 5) is 4.74. The van der Waals surface area contributed by atoms with Crippen LogP contribution in [0.5, 0.6) is 63.2 Å². The molecule has 2 atom stereocenters. The Hall–Kier alpha value is -5.20. The Morgan fingerprint density at radius 3 is 2.02 bits per heavy atom. The van der Waals surface area contributed by atoms with Crippen LogP contribution in [0.3, 0.4) is 0 Å². The van der Waals surface area contributed by atoms with Crippen molar-refractivity contribution in [3.05, 3.63) is 63.7 Å². The van der Waals surface area contributed by atoms with Crippen LogP contribution in [0.1, 0.15) is 45.5 Å². The monoisotopic (exact) mass is 740 g/mol. The third-order valence-electron chi connectivity index (χ3n) is 11.6. The highest BCUT2D eigenvalue weighted by atomic mass is 16.7. The maximum Gasteiger partial charge on any atom is 0.231 e. The van der Waals surface area contributed by atoms with Crippen LogP contribution in [-0.4, -0.2) is 93.5 Å². The maximum atomic E-state index is 6.86. The molecule has 4 aliphatic rings. The first-order chi connectivity index (χ1) is 26.3. The Kier molecular flexibility index (Phi) is 9.43. The van der Waals surface area contributed by atoms with E-state index in [1.807, 2.05) is 18.2 Å². The molecule has 54 heavy (non-hydrogen) atoms. The van der Waals surface area contributed by atoms with Gasteiger partial charge in [-0.2, -0.15) is 0 Å². The van der Waals surface area contributed by atoms with Gasteiger partial charge in [0, 0.05) is 47.4 Å². The molecular formula is C42H48N2O10. The van der Waals surface area contributed by atoms with Crippen molar-refractivity contribution in [3.63, 3.8) is 0 Å². The van der Waals surface area contributed by atoms with Gasteiger partial charge in [-0.25, -0.2) is 0 Å². The molecule has 0 bridgehead atoms. The first-order valence-corrected chi connectivity index (χ1v) is 18.2. The third kappa shape index (κ3) is 5.48. The second kappa shape index (κ2) is 14.2. The number of ether oxygens (including phenoxy) is 10. The number of benzene rings is 4. The number of hydrogen-bond acceptors (Lipinski definition) is 12. The minimum Gasteiger partial charge on any atom is -0.493 e. The number of rotatable bonds is 11. The molecule has 4 aromatic carbocycles. The molecule has 4 aromatic rings. The molecule has 8 rings (SSSR count). The smallest absolute Gasteiger partial charge is 0.231 e. The standard InChI is InChI=1S/C42H48N2O10/c1-43-14-12-24-27(20-33(47-5)39-38(24)52-21-53-39)28(43)16-22-10-11-30(45-3)40(36(22)48-6)54-32-18-23-17-29-34-25(13-15-44(29)2)37(49-7)42(51-9)41(50-8)35(34)26(23)19-31(32)46-4/h10-11,18-20,28-29H,12-17,21H2,1-9H3/t28-,29+/m1/s1. The Bertz CT molecular complexity index is 2120. The maximum absolute atomic E-state index is 6.86. The molecule has 0 saturated heterocycles. The summed E-state index contributed by atoms with van der Waals surface area (Å²) in [5, 5.41) is 0. The summed E-state index contributed by atoms with van der Waals surface area (Å²) in [6, 6.07) is 10.3. The van der Waals surface area contributed by atoms with E-state index in [4.69, 9.17) is 47.4 Å². The fraction of sp³-hybridized carbons (Fsp3) is 0.429. The third-order valence-corrected chi connectivity index (χ3v) is 11.6. The highest BCUT2D eigenvalue weighted by Gasteiger charge is 2.40. The van der Waals surface area contributed by atoms with Gasteiger partial charge in [-0.3, -0.25) is 9.80 Å². The lowest BCUT2D eigenvalue weighted by Crippen LogP contribution is -2.36. The summed E-state index contributed by atoms with van der Waals surface area (Å²) < 4.78 is 60.4. The van der Waals surface area contributed by atoms with E-state index in [0.717, 1.165) is 82.8 Å². The minimum atomic E-state index is 0.00798. The van der Waals surface area contributed by atoms with Crippen molar-refractivity contribution in [1.82, 2.24) is 9.80 Å². The van der Waals surface area contributed by atoms with Crippen molar-refractivity contribution in [1.29, 1.82) is 0 Å². The van der Waals surface area contributed by atoms with Crippen LogP contribution in [0.4, 0.5) is 0 Å². The first-order valence-electron chi connectivity index (χ1n) is 18.2. The lowest BCUT2D eigenvalue weighted by atomic mass is 9.76. The average molecular weight is 741 g/mol. The molecule has 0 amide bonds. The first kappa shape index (κ1) is 35.8. The van der Waals surface area contributed by atoms with Crippen molar-refractivity contribution in [2.45, 2.75) is 37.8 Å². The SMILES string of the molecule is COc1cc2c(cc1Oc1c(OC)ccc(C[C@@H]3c4cc(OC)c5c(c4CCN3C)OCO5)c1OC)C[C@H]1c3c(c(OC)c(OC)c(OC)c3-2)CCN1C. The van der Waals surface area contributed by atoms with Crippen LogP contribution in [0, 0.1) is 0 Å². The minimum absolute atomic E-state index is 0.00798. The van der Waals surface area contributed by atoms with Gasteiger partial charge in [0.1, 0.15) is 0 Å². The van der Waals surface area contributed by atoms with Gasteiger partial charge in [0.15, 0.2) is 46.0 Å². The van der Waals surface area contributed by atoms with Crippen molar-refractivity contribution < 1.29 is 47.4 Å². The Balaban J connectivity index is 1.22. The van der Waals surface area contributed by atoms with Gasteiger partial charge in [-0.05, 0) is 86.3 Å². The molecule has 0 radical (unpaired) electrons. The molecule has 0 fully saturated rings. The summed E-state index contributed by atoms with van der Waals surface area (Å²) in [5.41, 5.74) is 8.69. The van der Waals surface area contributed by atoms with E-state index in [-0.39, 0.29) is 18.9 Å². The lowest BCUT2D eigenvalue weighted by molar-refractivity contribution is 0.169. The summed E-state index contributed by atoms with van der Waals surface area (Å²) in [5.74, 6) is 6.77. The quantitative estimate of drug-likeness (QED) is 0.162. The summed E-state index contributed by atoms with van der Waals surface area (Å²) >= 11 is 0. The number of fused-ring (bicyclic) bond motifs is 5. The van der Waals surface area contributed by atoms with Crippen LogP contribution in [0.15, 0.2) is 30.3 Å². The fourth-order valence-corrected chi connectivity index (χ4v) is 8.91. The van der Waals surface area contributed by atoms with E-state index in [1.54, 1.807) is 49.8 Å². The van der Waals surface area contributed by atoms with E-state index in [9.17, 15) is 0 Å². The largest absolute Gasteiger partial charge is 0.493 e. The molecule has 0 N–H and O–H groups in total. The number of methoxy groups -OCH3 is 7. The molecular weight excluding hydrogens is 692 g/mol. The molecule has 0 spiro atoms. The predicted molar refractivity (Wildman–Crippen MR) is 202 cm³/mol. The highest BCUT2D eigenvalue weighted by Crippen LogP contribution is 2.58. The molecule has 1 aliphatic carbocycles. The predicted octanol–water partition coefficient (Wildman–Crippen LogP) is 6.79. The molecule has 0 saturated carbocycles. The Labute approximate surface area is 316 Å². The zero-order valence-electron chi connectivity index (χ0n) is 32.5. The van der Waals surface area contributed by atoms with Crippen molar-refractivity contribution in [2.24, 2.45) is 0 Å². The van der Waals surface area contributed by atoms with Gasteiger partial charge in [0.25, 0.3) is 0 Å². The molecule has 0 aromatic heterocycles. The van der Waals surface area contributed by atoms with Crippen LogP contribution in [-0.2, 0) is 25.7 Å². The molecule has 0 unspecified atom stereocenters. The topological polar surface area (TPSA) is 98.8 Å². The molecule has 286 valence electrons. The van der Waals surface area contributed by atoms with E-state index in [1.165, 1.54) is 5.56 Å². The molecule has 3 aliphatic heterocycles. The summed E-state index contributed by atoms with van der Waals surface area (Å²) in [6.07, 6.45) is 3.07. The van der Waals surface area contributed by atoms with E-state index in [2.05, 4.69) is 36.0 Å². The zero-order valence-corrected chi connectivity index (χ0v) is 32.5. The van der Waals surface area contributed by atoms with Gasteiger partial charge < -0.3 is 47.4 Å². The number of nitrogens with zero attached hydrogens (tertiary/aromatic N) is 2. The van der Waals surface area contributed by atoms with Crippen LogP contribution in [0.2, 0.25) is 0 Å². The van der Waals surface area contributed by atoms with Gasteiger partial charge in [-0.15, -0.1) is 0 Å². The van der Waals surface area contributed by atoms with Crippen molar-refractivity contribution in [2.75, 3.05) is 83.7 Å². The normalized spacial score (nSPS) is 18.2. The molecule has 3 heterocycles. The van der Waals surface area contributed by atoms with Crippen LogP contribution in [0.25, 0.3) is 11.1 Å². The molecule has 12 nitrogen and oxygen atoms in total. The van der Waals surface area contributed by atoms with Gasteiger partial charge in [0.2, 0.25) is 24.0 Å². The fourth-order valence-electron chi connectivity index (χ4n) is 8.91. The number of likely N-dealkylation sites (N-methyl/N-ethyl adjacent to an activating group) is 2. The zero-order chi connectivity index (χ0) is 37.8. The Morgan fingerprint density at radius 1 is 0.630 bits per heavy atom. The number of hydrogen-bond donors (Lipinski definition) is 0. The van der Waals surface area contributed by atoms with Crippen LogP contribution < -0.4 is 47.4 Å². The molecule has 12 heteroatoms. The van der Waals surface area contributed by atoms with Gasteiger partial charge >= 0.3 is 0 Å². The summed E-state index contributed by atoms with van der Waals surface area (Å²) in [7, 11) is 15.9. The van der Waals surface area contributed by atoms with Crippen LogP contribution >= 0.6 is 0 Å². The second-order valence-corrected chi connectivity index (χ2v) is 14.0.